The zero-order valence-corrected chi connectivity index (χ0v) is 11.8. The first-order valence-corrected chi connectivity index (χ1v) is 7.64. The monoisotopic (exact) mass is 312 g/mol. The topological polar surface area (TPSA) is 72.2 Å². The van der Waals surface area contributed by atoms with Gasteiger partial charge in [0.05, 0.1) is 4.90 Å². The van der Waals surface area contributed by atoms with Crippen molar-refractivity contribution < 1.29 is 17.2 Å². The van der Waals surface area contributed by atoms with Gasteiger partial charge in [-0.3, -0.25) is 0 Å². The average molecular weight is 312 g/mol. The summed E-state index contributed by atoms with van der Waals surface area (Å²) in [4.78, 5) is -0.235. The minimum absolute atomic E-state index is 0.0454. The van der Waals surface area contributed by atoms with Crippen molar-refractivity contribution in [3.05, 3.63) is 65.2 Å². The first-order chi connectivity index (χ1) is 9.94. The van der Waals surface area contributed by atoms with E-state index in [1.54, 1.807) is 6.07 Å². The quantitative estimate of drug-likeness (QED) is 0.886. The van der Waals surface area contributed by atoms with Crippen LogP contribution in [-0.2, 0) is 23.1 Å². The van der Waals surface area contributed by atoms with Gasteiger partial charge in [0.1, 0.15) is 11.6 Å². The number of nitrogens with two attached hydrogens (primary N) is 1. The maximum absolute atomic E-state index is 13.5. The third-order valence-electron chi connectivity index (χ3n) is 2.95. The highest BCUT2D eigenvalue weighted by Gasteiger charge is 2.19. The molecule has 3 N–H and O–H groups in total. The number of sulfonamides is 1. The molecule has 0 bridgehead atoms. The van der Waals surface area contributed by atoms with E-state index in [9.17, 15) is 17.2 Å². The van der Waals surface area contributed by atoms with E-state index in [2.05, 4.69) is 4.72 Å². The van der Waals surface area contributed by atoms with Gasteiger partial charge in [-0.1, -0.05) is 24.3 Å². The summed E-state index contributed by atoms with van der Waals surface area (Å²) in [5.74, 6) is -1.20. The molecule has 0 fully saturated rings. The first-order valence-electron chi connectivity index (χ1n) is 6.15. The second-order valence-electron chi connectivity index (χ2n) is 4.37. The molecule has 0 saturated carbocycles. The van der Waals surface area contributed by atoms with Gasteiger partial charge < -0.3 is 5.73 Å². The van der Waals surface area contributed by atoms with Crippen molar-refractivity contribution in [2.75, 3.05) is 0 Å². The van der Waals surface area contributed by atoms with Crippen molar-refractivity contribution in [1.29, 1.82) is 0 Å². The summed E-state index contributed by atoms with van der Waals surface area (Å²) in [6.45, 7) is -0.272. The summed E-state index contributed by atoms with van der Waals surface area (Å²) in [5.41, 5.74) is 5.94. The molecule has 2 aromatic rings. The zero-order valence-electron chi connectivity index (χ0n) is 11.0. The molecule has 0 spiro atoms. The van der Waals surface area contributed by atoms with E-state index in [4.69, 9.17) is 5.73 Å². The van der Waals surface area contributed by atoms with Crippen LogP contribution < -0.4 is 10.5 Å². The Kier molecular flexibility index (Phi) is 4.66. The number of nitrogens with one attached hydrogen (secondary N) is 1. The van der Waals surface area contributed by atoms with Crippen LogP contribution in [0.1, 0.15) is 11.1 Å². The fourth-order valence-corrected chi connectivity index (χ4v) is 3.10. The predicted octanol–water partition coefficient (Wildman–Crippen LogP) is 1.90. The van der Waals surface area contributed by atoms with Gasteiger partial charge in [-0.2, -0.15) is 0 Å². The SMILES string of the molecule is NCc1ccc(F)cc1S(=O)(=O)NCc1ccccc1F. The second-order valence-corrected chi connectivity index (χ2v) is 6.11. The molecule has 0 atom stereocenters. The van der Waals surface area contributed by atoms with E-state index < -0.39 is 21.7 Å². The van der Waals surface area contributed by atoms with Gasteiger partial charge in [-0.25, -0.2) is 21.9 Å². The van der Waals surface area contributed by atoms with Crippen molar-refractivity contribution in [3.8, 4) is 0 Å². The number of rotatable bonds is 5. The molecule has 4 nitrogen and oxygen atoms in total. The molecule has 0 aromatic heterocycles. The molecule has 2 aromatic carbocycles. The fraction of sp³-hybridized carbons (Fsp3) is 0.143. The lowest BCUT2D eigenvalue weighted by molar-refractivity contribution is 0.570. The van der Waals surface area contributed by atoms with Crippen LogP contribution in [0.3, 0.4) is 0 Å². The number of benzene rings is 2. The van der Waals surface area contributed by atoms with E-state index in [1.807, 2.05) is 0 Å². The maximum atomic E-state index is 13.5. The highest BCUT2D eigenvalue weighted by atomic mass is 32.2. The summed E-state index contributed by atoms with van der Waals surface area (Å²) in [6, 6.07) is 9.15. The predicted molar refractivity (Wildman–Crippen MR) is 74.7 cm³/mol. The number of hydrogen-bond acceptors (Lipinski definition) is 3. The molecule has 0 aliphatic rings. The minimum atomic E-state index is -3.98. The van der Waals surface area contributed by atoms with Crippen molar-refractivity contribution >= 4 is 10.0 Å². The van der Waals surface area contributed by atoms with E-state index in [-0.39, 0.29) is 29.1 Å². The van der Waals surface area contributed by atoms with Crippen molar-refractivity contribution in [3.63, 3.8) is 0 Å². The number of hydrogen-bond donors (Lipinski definition) is 2. The van der Waals surface area contributed by atoms with Crippen LogP contribution in [0.2, 0.25) is 0 Å². The molecule has 0 aliphatic carbocycles. The molecule has 0 heterocycles. The summed E-state index contributed by atoms with van der Waals surface area (Å²) in [6.07, 6.45) is 0. The van der Waals surface area contributed by atoms with Crippen molar-refractivity contribution in [2.45, 2.75) is 18.0 Å². The lowest BCUT2D eigenvalue weighted by Gasteiger charge is -2.11. The smallest absolute Gasteiger partial charge is 0.241 e. The Morgan fingerprint density at radius 2 is 1.76 bits per heavy atom. The normalized spacial score (nSPS) is 11.6. The summed E-state index contributed by atoms with van der Waals surface area (Å²) in [7, 11) is -3.98. The minimum Gasteiger partial charge on any atom is -0.326 e. The largest absolute Gasteiger partial charge is 0.326 e. The van der Waals surface area contributed by atoms with Crippen LogP contribution >= 0.6 is 0 Å². The Morgan fingerprint density at radius 3 is 2.43 bits per heavy atom. The van der Waals surface area contributed by atoms with Gasteiger partial charge in [-0.05, 0) is 23.8 Å². The van der Waals surface area contributed by atoms with Crippen LogP contribution in [-0.4, -0.2) is 8.42 Å². The Bertz CT molecular complexity index is 748. The van der Waals surface area contributed by atoms with Gasteiger partial charge >= 0.3 is 0 Å². The lowest BCUT2D eigenvalue weighted by Crippen LogP contribution is -2.25. The van der Waals surface area contributed by atoms with Crippen LogP contribution in [0.15, 0.2) is 47.4 Å². The molecule has 0 aliphatic heterocycles. The van der Waals surface area contributed by atoms with Gasteiger partial charge in [0.25, 0.3) is 0 Å². The van der Waals surface area contributed by atoms with E-state index in [0.29, 0.717) is 0 Å². The number of halogens is 2. The molecule has 21 heavy (non-hydrogen) atoms. The van der Waals surface area contributed by atoms with E-state index >= 15 is 0 Å². The molecule has 0 saturated heterocycles. The third-order valence-corrected chi connectivity index (χ3v) is 4.43. The van der Waals surface area contributed by atoms with Crippen molar-refractivity contribution in [1.82, 2.24) is 4.72 Å². The lowest BCUT2D eigenvalue weighted by atomic mass is 10.2. The molecule has 0 unspecified atom stereocenters. The van der Waals surface area contributed by atoms with Crippen LogP contribution in [0.25, 0.3) is 0 Å². The van der Waals surface area contributed by atoms with Gasteiger partial charge in [0.2, 0.25) is 10.0 Å². The molecule has 7 heteroatoms. The Hall–Kier alpha value is -1.83. The van der Waals surface area contributed by atoms with E-state index in [0.717, 1.165) is 12.1 Å². The van der Waals surface area contributed by atoms with Crippen LogP contribution in [0.5, 0.6) is 0 Å². The molecular weight excluding hydrogens is 298 g/mol. The second kappa shape index (κ2) is 6.30. The van der Waals surface area contributed by atoms with E-state index in [1.165, 1.54) is 24.3 Å². The van der Waals surface area contributed by atoms with Gasteiger partial charge in [0, 0.05) is 18.7 Å². The van der Waals surface area contributed by atoms with Crippen molar-refractivity contribution in [2.24, 2.45) is 5.73 Å². The van der Waals surface area contributed by atoms with Crippen LogP contribution in [0, 0.1) is 11.6 Å². The molecule has 0 radical (unpaired) electrons. The van der Waals surface area contributed by atoms with Crippen LogP contribution in [0.4, 0.5) is 8.78 Å². The zero-order chi connectivity index (χ0) is 15.5. The molecule has 112 valence electrons. The first kappa shape index (κ1) is 15.6. The summed E-state index contributed by atoms with van der Waals surface area (Å²) < 4.78 is 53.3. The average Bonchev–Trinajstić information content (AvgIpc) is 2.46. The molecule has 0 amide bonds. The van der Waals surface area contributed by atoms with Gasteiger partial charge in [-0.15, -0.1) is 0 Å². The highest BCUT2D eigenvalue weighted by Crippen LogP contribution is 2.17. The third kappa shape index (κ3) is 3.63. The summed E-state index contributed by atoms with van der Waals surface area (Å²) >= 11 is 0. The molecule has 2 rings (SSSR count). The standard InChI is InChI=1S/C14H14F2N2O2S/c15-12-6-5-10(8-17)14(7-12)21(19,20)18-9-11-3-1-2-4-13(11)16/h1-7,18H,8-9,17H2. The fourth-order valence-electron chi connectivity index (χ4n) is 1.84. The summed E-state index contributed by atoms with van der Waals surface area (Å²) in [5, 5.41) is 0. The maximum Gasteiger partial charge on any atom is 0.241 e. The highest BCUT2D eigenvalue weighted by molar-refractivity contribution is 7.89. The van der Waals surface area contributed by atoms with Gasteiger partial charge in [0.15, 0.2) is 0 Å². The molecular formula is C14H14F2N2O2S. The Balaban J connectivity index is 2.27. The Morgan fingerprint density at radius 1 is 1.05 bits per heavy atom. The Labute approximate surface area is 121 Å².